The molecule has 0 bridgehead atoms. The van der Waals surface area contributed by atoms with Crippen LogP contribution in [0, 0.1) is 0 Å². The van der Waals surface area contributed by atoms with Gasteiger partial charge in [0.25, 0.3) is 5.56 Å². The van der Waals surface area contributed by atoms with Gasteiger partial charge in [0.15, 0.2) is 8.38 Å². The molecule has 154 valence electrons. The molecule has 8 nitrogen and oxygen atoms in total. The molecule has 0 saturated carbocycles. The number of aliphatic hydroxyl groups excluding tert-OH is 1. The third-order valence-electron chi connectivity index (χ3n) is 3.69. The first-order chi connectivity index (χ1) is 13.2. The van der Waals surface area contributed by atoms with Crippen molar-refractivity contribution in [2.45, 2.75) is 52.5 Å². The molecule has 0 amide bonds. The van der Waals surface area contributed by atoms with E-state index < -0.39 is 8.38 Å². The van der Waals surface area contributed by atoms with Gasteiger partial charge >= 0.3 is 0 Å². The van der Waals surface area contributed by atoms with Crippen LogP contribution in [0.15, 0.2) is 17.3 Å². The van der Waals surface area contributed by atoms with Gasteiger partial charge in [-0.1, -0.05) is 20.3 Å². The molecule has 2 aromatic heterocycles. The highest BCUT2D eigenvalue weighted by Crippen LogP contribution is 2.39. The molecule has 1 unspecified atom stereocenters. The smallest absolute Gasteiger partial charge is 0.275 e. The third-order valence-corrected chi connectivity index (χ3v) is 5.31. The fourth-order valence-corrected chi connectivity index (χ4v) is 3.72. The Labute approximate surface area is 161 Å². The van der Waals surface area contributed by atoms with Crippen molar-refractivity contribution in [2.24, 2.45) is 5.73 Å². The third kappa shape index (κ3) is 8.95. The van der Waals surface area contributed by atoms with Crippen molar-refractivity contribution in [1.82, 2.24) is 15.0 Å². The van der Waals surface area contributed by atoms with Crippen molar-refractivity contribution in [3.8, 4) is 0 Å². The lowest BCUT2D eigenvalue weighted by Gasteiger charge is -2.16. The Balaban J connectivity index is 0.000000274. The highest BCUT2D eigenvalue weighted by atomic mass is 31.2. The summed E-state index contributed by atoms with van der Waals surface area (Å²) >= 11 is 0. The van der Waals surface area contributed by atoms with Crippen LogP contribution in [-0.4, -0.2) is 46.0 Å². The highest BCUT2D eigenvalue weighted by Gasteiger charge is 2.09. The fourth-order valence-electron chi connectivity index (χ4n) is 2.18. The number of nitrogens with zero attached hydrogens (tertiary/aromatic N) is 1. The maximum atomic E-state index is 11.1. The second-order valence-electron chi connectivity index (χ2n) is 5.98. The summed E-state index contributed by atoms with van der Waals surface area (Å²) in [5.41, 5.74) is 7.27. The molecule has 0 aromatic carbocycles. The van der Waals surface area contributed by atoms with E-state index in [1.165, 1.54) is 6.33 Å². The quantitative estimate of drug-likeness (QED) is 0.320. The van der Waals surface area contributed by atoms with Crippen LogP contribution in [0.4, 0.5) is 0 Å². The number of nitrogens with two attached hydrogens (primary N) is 1. The largest absolute Gasteiger partial charge is 0.396 e. The molecule has 1 atom stereocenters. The van der Waals surface area contributed by atoms with Gasteiger partial charge in [-0.2, -0.15) is 0 Å². The lowest BCUT2D eigenvalue weighted by molar-refractivity contribution is 0.243. The first kappa shape index (κ1) is 23.7. The average molecular weight is 400 g/mol. The lowest BCUT2D eigenvalue weighted by atomic mass is 10.3. The Kier molecular flexibility index (Phi) is 12.9. The molecule has 9 heteroatoms. The van der Waals surface area contributed by atoms with Gasteiger partial charge in [-0.05, 0) is 25.7 Å². The van der Waals surface area contributed by atoms with Crippen molar-refractivity contribution in [1.29, 1.82) is 0 Å². The molecule has 5 N–H and O–H groups in total. The van der Waals surface area contributed by atoms with E-state index in [0.29, 0.717) is 17.6 Å². The molecular formula is C18H33N4O4P. The van der Waals surface area contributed by atoms with E-state index in [0.717, 1.165) is 57.0 Å². The van der Waals surface area contributed by atoms with Crippen LogP contribution < -0.4 is 11.3 Å². The molecule has 0 spiro atoms. The van der Waals surface area contributed by atoms with Crippen molar-refractivity contribution in [3.05, 3.63) is 28.4 Å². The molecule has 27 heavy (non-hydrogen) atoms. The van der Waals surface area contributed by atoms with Crippen LogP contribution in [0.2, 0.25) is 0 Å². The lowest BCUT2D eigenvalue weighted by Crippen LogP contribution is -2.06. The van der Waals surface area contributed by atoms with E-state index in [2.05, 4.69) is 28.8 Å². The minimum Gasteiger partial charge on any atom is -0.396 e. The van der Waals surface area contributed by atoms with Crippen molar-refractivity contribution >= 4 is 19.4 Å². The number of nitrogens with one attached hydrogen (secondary N) is 2. The maximum Gasteiger partial charge on any atom is 0.275 e. The van der Waals surface area contributed by atoms with E-state index in [1.807, 2.05) is 0 Å². The summed E-state index contributed by atoms with van der Waals surface area (Å²) in [4.78, 5) is 20.4. The summed E-state index contributed by atoms with van der Waals surface area (Å²) in [7, 11) is -0.701. The number of rotatable bonds is 12. The van der Waals surface area contributed by atoms with E-state index in [9.17, 15) is 4.79 Å². The van der Waals surface area contributed by atoms with Crippen molar-refractivity contribution < 1.29 is 14.2 Å². The van der Waals surface area contributed by atoms with Crippen LogP contribution in [-0.2, 0) is 15.6 Å². The number of aliphatic hydroxyl groups is 1. The zero-order chi connectivity index (χ0) is 19.9. The monoisotopic (exact) mass is 400 g/mol. The fraction of sp³-hybridized carbons (Fsp3) is 0.667. The van der Waals surface area contributed by atoms with Gasteiger partial charge in [-0.25, -0.2) is 4.98 Å². The minimum atomic E-state index is -0.701. The number of aromatic amines is 2. The molecule has 0 radical (unpaired) electrons. The number of unbranched alkanes of at least 4 members (excludes halogenated alkanes) is 2. The van der Waals surface area contributed by atoms with Crippen molar-refractivity contribution in [2.75, 3.05) is 26.0 Å². The molecule has 2 rings (SSSR count). The second-order valence-corrected chi connectivity index (χ2v) is 7.61. The summed E-state index contributed by atoms with van der Waals surface area (Å²) in [5.74, 6) is 0. The highest BCUT2D eigenvalue weighted by molar-refractivity contribution is 7.47. The summed E-state index contributed by atoms with van der Waals surface area (Å²) < 4.78 is 11.3. The summed E-state index contributed by atoms with van der Waals surface area (Å²) in [6.07, 6.45) is 9.19. The summed E-state index contributed by atoms with van der Waals surface area (Å²) in [6.45, 7) is 6.52. The standard InChI is InChI=1S/C11H25O3P.C7H8N4O/c1-3-5-10-14-15(13-9-4-2)11-7-6-8-12;8-1-4-2-9-6-5(4)10-3-11-7(6)12/h12H,3-11H2,1-2H3;2-3,9H,1,8H2,(H,10,11,12). The molecule has 0 fully saturated rings. The maximum absolute atomic E-state index is 11.1. The number of H-pyrrole nitrogens is 2. The zero-order valence-corrected chi connectivity index (χ0v) is 17.3. The van der Waals surface area contributed by atoms with E-state index in [4.69, 9.17) is 19.9 Å². The van der Waals surface area contributed by atoms with Gasteiger partial charge in [0.1, 0.15) is 5.52 Å². The van der Waals surface area contributed by atoms with Gasteiger partial charge in [0.05, 0.1) is 25.1 Å². The molecular weight excluding hydrogens is 367 g/mol. The molecule has 0 saturated heterocycles. The van der Waals surface area contributed by atoms with Crippen LogP contribution in [0.3, 0.4) is 0 Å². The Hall–Kier alpha value is -1.31. The Morgan fingerprint density at radius 1 is 1.15 bits per heavy atom. The van der Waals surface area contributed by atoms with Gasteiger partial charge in [-0.15, -0.1) is 0 Å². The molecule has 2 heterocycles. The predicted molar refractivity (Wildman–Crippen MR) is 110 cm³/mol. The number of hydrogen-bond donors (Lipinski definition) is 4. The number of fused-ring (bicyclic) bond motifs is 1. The van der Waals surface area contributed by atoms with E-state index >= 15 is 0 Å². The first-order valence-corrected chi connectivity index (χ1v) is 10.9. The summed E-state index contributed by atoms with van der Waals surface area (Å²) in [5, 5.41) is 8.69. The van der Waals surface area contributed by atoms with Gasteiger partial charge < -0.3 is 29.9 Å². The normalized spacial score (nSPS) is 12.0. The van der Waals surface area contributed by atoms with Crippen LogP contribution in [0.1, 0.15) is 51.5 Å². The number of aromatic nitrogens is 3. The molecule has 0 aliphatic rings. The zero-order valence-electron chi connectivity index (χ0n) is 16.4. The number of hydrogen-bond acceptors (Lipinski definition) is 6. The molecule has 0 aliphatic carbocycles. The topological polar surface area (TPSA) is 126 Å². The van der Waals surface area contributed by atoms with Crippen LogP contribution in [0.5, 0.6) is 0 Å². The Morgan fingerprint density at radius 2 is 1.93 bits per heavy atom. The van der Waals surface area contributed by atoms with E-state index in [-0.39, 0.29) is 12.2 Å². The Bertz CT molecular complexity index is 667. The average Bonchev–Trinajstić information content (AvgIpc) is 3.11. The molecule has 0 aliphatic heterocycles. The second kappa shape index (κ2) is 14.7. The predicted octanol–water partition coefficient (Wildman–Crippen LogP) is 3.02. The SMILES string of the molecule is CCCCOP(CCCCO)OCCC.NCc1c[nH]c2c(=O)[nH]cnc12. The van der Waals surface area contributed by atoms with Crippen molar-refractivity contribution in [3.63, 3.8) is 0 Å². The summed E-state index contributed by atoms with van der Waals surface area (Å²) in [6, 6.07) is 0. The molecule has 2 aromatic rings. The van der Waals surface area contributed by atoms with Gasteiger partial charge in [0, 0.05) is 31.1 Å². The van der Waals surface area contributed by atoms with Crippen LogP contribution >= 0.6 is 8.38 Å². The Morgan fingerprint density at radius 3 is 2.59 bits per heavy atom. The van der Waals surface area contributed by atoms with Crippen LogP contribution in [0.25, 0.3) is 11.0 Å². The van der Waals surface area contributed by atoms with Gasteiger partial charge in [-0.3, -0.25) is 4.79 Å². The first-order valence-electron chi connectivity index (χ1n) is 9.55. The minimum absolute atomic E-state index is 0.167. The van der Waals surface area contributed by atoms with Gasteiger partial charge in [0.2, 0.25) is 0 Å². The van der Waals surface area contributed by atoms with E-state index in [1.54, 1.807) is 6.20 Å².